The SMILES string of the molecule is CCC(C)CC(C)n1c(=O)c(C(=O)O)nc2ccccc21. The Morgan fingerprint density at radius 1 is 1.33 bits per heavy atom. The molecule has 1 N–H and O–H groups in total. The molecule has 1 aromatic heterocycles. The van der Waals surface area contributed by atoms with E-state index >= 15 is 0 Å². The third kappa shape index (κ3) is 2.96. The van der Waals surface area contributed by atoms with Crippen LogP contribution in [0.15, 0.2) is 29.1 Å². The molecular formula is C16H20N2O3. The first-order chi connectivity index (χ1) is 9.95. The van der Waals surface area contributed by atoms with Gasteiger partial charge in [-0.3, -0.25) is 4.79 Å². The molecule has 5 heteroatoms. The highest BCUT2D eigenvalue weighted by Gasteiger charge is 2.20. The van der Waals surface area contributed by atoms with Crippen molar-refractivity contribution in [2.45, 2.75) is 39.7 Å². The van der Waals surface area contributed by atoms with Gasteiger partial charge < -0.3 is 9.67 Å². The summed E-state index contributed by atoms with van der Waals surface area (Å²) in [5.41, 5.74) is 0.274. The summed E-state index contributed by atoms with van der Waals surface area (Å²) in [7, 11) is 0. The van der Waals surface area contributed by atoms with Crippen molar-refractivity contribution in [2.24, 2.45) is 5.92 Å². The van der Waals surface area contributed by atoms with Gasteiger partial charge in [0.1, 0.15) is 0 Å². The quantitative estimate of drug-likeness (QED) is 0.917. The van der Waals surface area contributed by atoms with Gasteiger partial charge >= 0.3 is 5.97 Å². The van der Waals surface area contributed by atoms with Crippen LogP contribution in [0, 0.1) is 5.92 Å². The van der Waals surface area contributed by atoms with Crippen LogP contribution in [0.3, 0.4) is 0 Å². The molecule has 0 amide bonds. The van der Waals surface area contributed by atoms with Crippen LogP contribution in [0.2, 0.25) is 0 Å². The Kier molecular flexibility index (Phi) is 4.40. The summed E-state index contributed by atoms with van der Waals surface area (Å²) in [4.78, 5) is 27.7. The summed E-state index contributed by atoms with van der Waals surface area (Å²) in [6.07, 6.45) is 1.84. The third-order valence-electron chi connectivity index (χ3n) is 3.88. The zero-order valence-corrected chi connectivity index (χ0v) is 12.5. The van der Waals surface area contributed by atoms with Gasteiger partial charge in [0.25, 0.3) is 5.56 Å². The van der Waals surface area contributed by atoms with E-state index in [0.717, 1.165) is 12.8 Å². The van der Waals surface area contributed by atoms with E-state index in [1.165, 1.54) is 0 Å². The number of fused-ring (bicyclic) bond motifs is 1. The Balaban J connectivity index is 2.67. The lowest BCUT2D eigenvalue weighted by molar-refractivity contribution is 0.0688. The van der Waals surface area contributed by atoms with Crippen LogP contribution in [0.1, 0.15) is 50.1 Å². The van der Waals surface area contributed by atoms with Gasteiger partial charge in [0.2, 0.25) is 5.69 Å². The monoisotopic (exact) mass is 288 g/mol. The molecular weight excluding hydrogens is 268 g/mol. The van der Waals surface area contributed by atoms with Crippen molar-refractivity contribution in [3.05, 3.63) is 40.3 Å². The third-order valence-corrected chi connectivity index (χ3v) is 3.88. The van der Waals surface area contributed by atoms with Gasteiger partial charge in [0.15, 0.2) is 0 Å². The van der Waals surface area contributed by atoms with Crippen LogP contribution < -0.4 is 5.56 Å². The Bertz CT molecular complexity index is 721. The van der Waals surface area contributed by atoms with Crippen LogP contribution >= 0.6 is 0 Å². The standard InChI is InChI=1S/C16H20N2O3/c1-4-10(2)9-11(3)18-13-8-6-5-7-12(13)17-14(15(18)19)16(20)21/h5-8,10-11H,4,9H2,1-3H3,(H,20,21). The van der Waals surface area contributed by atoms with E-state index in [4.69, 9.17) is 0 Å². The van der Waals surface area contributed by atoms with Crippen molar-refractivity contribution in [3.8, 4) is 0 Å². The summed E-state index contributed by atoms with van der Waals surface area (Å²) in [5, 5.41) is 9.18. The van der Waals surface area contributed by atoms with E-state index in [1.54, 1.807) is 16.7 Å². The summed E-state index contributed by atoms with van der Waals surface area (Å²) in [5.74, 6) is -0.817. The molecule has 1 aromatic carbocycles. The first-order valence-electron chi connectivity index (χ1n) is 7.20. The molecule has 2 unspecified atom stereocenters. The predicted molar refractivity (Wildman–Crippen MR) is 81.7 cm³/mol. The number of para-hydroxylation sites is 2. The normalized spacial score (nSPS) is 14.0. The summed E-state index contributed by atoms with van der Waals surface area (Å²) in [6.45, 7) is 6.18. The minimum atomic E-state index is -1.28. The molecule has 0 saturated carbocycles. The highest BCUT2D eigenvalue weighted by molar-refractivity contribution is 5.88. The average molecular weight is 288 g/mol. The Morgan fingerprint density at radius 3 is 2.62 bits per heavy atom. The van der Waals surface area contributed by atoms with Gasteiger partial charge in [-0.2, -0.15) is 0 Å². The first kappa shape index (κ1) is 15.2. The van der Waals surface area contributed by atoms with Crippen LogP contribution in [0.5, 0.6) is 0 Å². The number of carbonyl (C=O) groups is 1. The number of hydrogen-bond acceptors (Lipinski definition) is 3. The zero-order chi connectivity index (χ0) is 15.6. The molecule has 0 aliphatic rings. The Morgan fingerprint density at radius 2 is 2.00 bits per heavy atom. The van der Waals surface area contributed by atoms with Gasteiger partial charge in [0.05, 0.1) is 11.0 Å². The highest BCUT2D eigenvalue weighted by atomic mass is 16.4. The molecule has 1 heterocycles. The van der Waals surface area contributed by atoms with Crippen LogP contribution in [0.4, 0.5) is 0 Å². The molecule has 0 bridgehead atoms. The maximum atomic E-state index is 12.5. The molecule has 21 heavy (non-hydrogen) atoms. The van der Waals surface area contributed by atoms with Gasteiger partial charge in [-0.1, -0.05) is 32.4 Å². The molecule has 0 spiro atoms. The van der Waals surface area contributed by atoms with E-state index in [2.05, 4.69) is 18.8 Å². The lowest BCUT2D eigenvalue weighted by Gasteiger charge is -2.21. The fourth-order valence-electron chi connectivity index (χ4n) is 2.59. The molecule has 0 saturated heterocycles. The minimum Gasteiger partial charge on any atom is -0.476 e. The second-order valence-corrected chi connectivity index (χ2v) is 5.53. The number of carboxylic acid groups (broad SMARTS) is 1. The lowest BCUT2D eigenvalue weighted by atomic mass is 10.00. The number of aromatic carboxylic acids is 1. The molecule has 2 atom stereocenters. The van der Waals surface area contributed by atoms with Gasteiger partial charge in [-0.25, -0.2) is 9.78 Å². The maximum absolute atomic E-state index is 12.5. The van der Waals surface area contributed by atoms with E-state index in [-0.39, 0.29) is 6.04 Å². The smallest absolute Gasteiger partial charge is 0.360 e. The fourth-order valence-corrected chi connectivity index (χ4v) is 2.59. The molecule has 2 rings (SSSR count). The van der Waals surface area contributed by atoms with Gasteiger partial charge in [-0.05, 0) is 31.4 Å². The second kappa shape index (κ2) is 6.08. The van der Waals surface area contributed by atoms with E-state index in [0.29, 0.717) is 17.0 Å². The highest BCUT2D eigenvalue weighted by Crippen LogP contribution is 2.22. The van der Waals surface area contributed by atoms with Crippen LogP contribution in [-0.2, 0) is 0 Å². The van der Waals surface area contributed by atoms with Crippen molar-refractivity contribution in [3.63, 3.8) is 0 Å². The Labute approximate surface area is 123 Å². The van der Waals surface area contributed by atoms with E-state index in [1.807, 2.05) is 19.1 Å². The van der Waals surface area contributed by atoms with Crippen molar-refractivity contribution in [1.82, 2.24) is 9.55 Å². The number of benzene rings is 1. The maximum Gasteiger partial charge on any atom is 0.360 e. The molecule has 0 fully saturated rings. The van der Waals surface area contributed by atoms with Crippen molar-refractivity contribution >= 4 is 17.0 Å². The number of carboxylic acids is 1. The average Bonchev–Trinajstić information content (AvgIpc) is 2.45. The molecule has 112 valence electrons. The summed E-state index contributed by atoms with van der Waals surface area (Å²) in [6, 6.07) is 7.08. The molecule has 0 radical (unpaired) electrons. The molecule has 0 aliphatic carbocycles. The van der Waals surface area contributed by atoms with E-state index in [9.17, 15) is 14.7 Å². The van der Waals surface area contributed by atoms with Gasteiger partial charge in [-0.15, -0.1) is 0 Å². The topological polar surface area (TPSA) is 72.2 Å². The summed E-state index contributed by atoms with van der Waals surface area (Å²) >= 11 is 0. The molecule has 5 nitrogen and oxygen atoms in total. The van der Waals surface area contributed by atoms with Crippen molar-refractivity contribution in [1.29, 1.82) is 0 Å². The van der Waals surface area contributed by atoms with Crippen molar-refractivity contribution in [2.75, 3.05) is 0 Å². The first-order valence-corrected chi connectivity index (χ1v) is 7.20. The minimum absolute atomic E-state index is 0.0709. The second-order valence-electron chi connectivity index (χ2n) is 5.53. The zero-order valence-electron chi connectivity index (χ0n) is 12.5. The van der Waals surface area contributed by atoms with Crippen LogP contribution in [-0.4, -0.2) is 20.6 Å². The van der Waals surface area contributed by atoms with Gasteiger partial charge in [0, 0.05) is 6.04 Å². The predicted octanol–water partition coefficient (Wildman–Crippen LogP) is 3.09. The number of hydrogen-bond donors (Lipinski definition) is 1. The number of rotatable bonds is 5. The van der Waals surface area contributed by atoms with Crippen molar-refractivity contribution < 1.29 is 9.90 Å². The Hall–Kier alpha value is -2.17. The fraction of sp³-hybridized carbons (Fsp3) is 0.438. The number of aromatic nitrogens is 2. The largest absolute Gasteiger partial charge is 0.476 e. The van der Waals surface area contributed by atoms with E-state index < -0.39 is 17.2 Å². The van der Waals surface area contributed by atoms with Crippen LogP contribution in [0.25, 0.3) is 11.0 Å². The summed E-state index contributed by atoms with van der Waals surface area (Å²) < 4.78 is 1.57. The lowest BCUT2D eigenvalue weighted by Crippen LogP contribution is -2.31. The molecule has 2 aromatic rings. The molecule has 0 aliphatic heterocycles. The number of nitrogens with zero attached hydrogens (tertiary/aromatic N) is 2.